The second kappa shape index (κ2) is 4.87. The van der Waals surface area contributed by atoms with Crippen molar-refractivity contribution >= 4 is 15.8 Å². The Kier molecular flexibility index (Phi) is 3.97. The van der Waals surface area contributed by atoms with Crippen molar-refractivity contribution in [3.8, 4) is 5.75 Å². The molecule has 1 aromatic rings. The van der Waals surface area contributed by atoms with Crippen LogP contribution in [0.25, 0.3) is 6.08 Å². The zero-order valence-electron chi connectivity index (χ0n) is 10.8. The lowest BCUT2D eigenvalue weighted by Crippen LogP contribution is -2.16. The highest BCUT2D eigenvalue weighted by Crippen LogP contribution is 2.27. The number of hydrogen-bond donors (Lipinski definition) is 0. The first kappa shape index (κ1) is 13.0. The molecule has 1 rings (SSSR count). The van der Waals surface area contributed by atoms with Gasteiger partial charge < -0.3 is 4.43 Å². The van der Waals surface area contributed by atoms with E-state index in [1.165, 1.54) is 16.7 Å². The minimum absolute atomic E-state index is 0.220. The highest BCUT2D eigenvalue weighted by Gasteiger charge is 2.16. The SMILES string of the molecule is C=Cc1ccc(O[Si]C(C)(C)C)c(C)c1C. The third-order valence-corrected chi connectivity index (χ3v) is 3.40. The van der Waals surface area contributed by atoms with Crippen molar-refractivity contribution < 1.29 is 4.43 Å². The monoisotopic (exact) mass is 232 g/mol. The summed E-state index contributed by atoms with van der Waals surface area (Å²) in [4.78, 5) is 0. The van der Waals surface area contributed by atoms with E-state index in [2.05, 4.69) is 47.3 Å². The Bertz CT molecular complexity index is 388. The fraction of sp³-hybridized carbons (Fsp3) is 0.429. The molecule has 0 saturated heterocycles. The lowest BCUT2D eigenvalue weighted by Gasteiger charge is -2.18. The Balaban J connectivity index is 2.91. The molecule has 0 N–H and O–H groups in total. The maximum Gasteiger partial charge on any atom is 0.316 e. The largest absolute Gasteiger partial charge is 0.540 e. The van der Waals surface area contributed by atoms with E-state index in [-0.39, 0.29) is 5.04 Å². The van der Waals surface area contributed by atoms with Crippen LogP contribution >= 0.6 is 0 Å². The van der Waals surface area contributed by atoms with Crippen LogP contribution in [0.2, 0.25) is 5.04 Å². The van der Waals surface area contributed by atoms with E-state index in [0.717, 1.165) is 5.75 Å². The van der Waals surface area contributed by atoms with Crippen molar-refractivity contribution in [2.45, 2.75) is 39.7 Å². The first-order valence-electron chi connectivity index (χ1n) is 5.52. The van der Waals surface area contributed by atoms with Gasteiger partial charge in [0.05, 0.1) is 0 Å². The van der Waals surface area contributed by atoms with E-state index in [1.54, 1.807) is 0 Å². The summed E-state index contributed by atoms with van der Waals surface area (Å²) >= 11 is 0. The summed E-state index contributed by atoms with van der Waals surface area (Å²) in [5.41, 5.74) is 3.66. The van der Waals surface area contributed by atoms with E-state index in [4.69, 9.17) is 4.43 Å². The first-order chi connectivity index (χ1) is 7.35. The fourth-order valence-electron chi connectivity index (χ4n) is 1.36. The van der Waals surface area contributed by atoms with Crippen molar-refractivity contribution in [1.82, 2.24) is 0 Å². The third-order valence-electron chi connectivity index (χ3n) is 2.47. The molecule has 86 valence electrons. The summed E-state index contributed by atoms with van der Waals surface area (Å²) in [6.07, 6.45) is 1.89. The molecule has 0 aromatic heterocycles. The number of rotatable bonds is 3. The van der Waals surface area contributed by atoms with Crippen molar-refractivity contribution in [1.29, 1.82) is 0 Å². The fourth-order valence-corrected chi connectivity index (χ4v) is 1.99. The van der Waals surface area contributed by atoms with Crippen molar-refractivity contribution in [2.24, 2.45) is 0 Å². The van der Waals surface area contributed by atoms with E-state index in [9.17, 15) is 0 Å². The second-order valence-electron chi connectivity index (χ2n) is 5.06. The van der Waals surface area contributed by atoms with Gasteiger partial charge in [0.2, 0.25) is 0 Å². The molecule has 0 amide bonds. The zero-order valence-corrected chi connectivity index (χ0v) is 11.8. The third kappa shape index (κ3) is 3.24. The van der Waals surface area contributed by atoms with Crippen LogP contribution in [0.3, 0.4) is 0 Å². The molecule has 0 aliphatic rings. The standard InChI is InChI=1S/C14H20OSi/c1-7-12-8-9-13(11(3)10(12)2)15-16-14(4,5)6/h7-9H,1H2,2-6H3. The average molecular weight is 232 g/mol. The van der Waals surface area contributed by atoms with Gasteiger partial charge in [-0.2, -0.15) is 0 Å². The van der Waals surface area contributed by atoms with Gasteiger partial charge in [-0.25, -0.2) is 0 Å². The first-order valence-corrected chi connectivity index (χ1v) is 6.42. The molecule has 2 heteroatoms. The van der Waals surface area contributed by atoms with Crippen LogP contribution < -0.4 is 4.43 Å². The minimum Gasteiger partial charge on any atom is -0.540 e. The quantitative estimate of drug-likeness (QED) is 0.711. The molecule has 0 bridgehead atoms. The van der Waals surface area contributed by atoms with E-state index < -0.39 is 0 Å². The van der Waals surface area contributed by atoms with Gasteiger partial charge >= 0.3 is 9.76 Å². The van der Waals surface area contributed by atoms with Crippen LogP contribution in [0, 0.1) is 13.8 Å². The highest BCUT2D eigenvalue weighted by molar-refractivity contribution is 6.32. The van der Waals surface area contributed by atoms with Crippen molar-refractivity contribution in [3.63, 3.8) is 0 Å². The minimum atomic E-state index is 0.220. The molecule has 0 aliphatic heterocycles. The molecule has 1 aromatic carbocycles. The summed E-state index contributed by atoms with van der Waals surface area (Å²) in [6.45, 7) is 14.6. The highest BCUT2D eigenvalue weighted by atomic mass is 28.2. The summed E-state index contributed by atoms with van der Waals surface area (Å²) in [6, 6.07) is 4.11. The lowest BCUT2D eigenvalue weighted by atomic mass is 10.0. The van der Waals surface area contributed by atoms with E-state index >= 15 is 0 Å². The Morgan fingerprint density at radius 3 is 2.31 bits per heavy atom. The molecule has 2 radical (unpaired) electrons. The second-order valence-corrected chi connectivity index (χ2v) is 6.97. The summed E-state index contributed by atoms with van der Waals surface area (Å²) in [7, 11) is 0.483. The van der Waals surface area contributed by atoms with Crippen molar-refractivity contribution in [2.75, 3.05) is 0 Å². The molecule has 16 heavy (non-hydrogen) atoms. The molecule has 0 saturated carbocycles. The topological polar surface area (TPSA) is 9.23 Å². The maximum absolute atomic E-state index is 5.88. The number of hydrogen-bond acceptors (Lipinski definition) is 1. The predicted molar refractivity (Wildman–Crippen MR) is 72.1 cm³/mol. The van der Waals surface area contributed by atoms with Crippen LogP contribution in [0.5, 0.6) is 5.75 Å². The van der Waals surface area contributed by atoms with Gasteiger partial charge in [0, 0.05) is 0 Å². The average Bonchev–Trinajstić information content (AvgIpc) is 2.19. The summed E-state index contributed by atoms with van der Waals surface area (Å²) < 4.78 is 5.88. The molecule has 0 fully saturated rings. The van der Waals surface area contributed by atoms with E-state index in [1.807, 2.05) is 12.1 Å². The van der Waals surface area contributed by atoms with Crippen LogP contribution in [-0.2, 0) is 0 Å². The van der Waals surface area contributed by atoms with E-state index in [0.29, 0.717) is 9.76 Å². The zero-order chi connectivity index (χ0) is 12.3. The smallest absolute Gasteiger partial charge is 0.316 e. The summed E-state index contributed by atoms with van der Waals surface area (Å²) in [5.74, 6) is 0.997. The van der Waals surface area contributed by atoms with Gasteiger partial charge in [0.15, 0.2) is 0 Å². The van der Waals surface area contributed by atoms with Gasteiger partial charge in [0.1, 0.15) is 5.75 Å². The van der Waals surface area contributed by atoms with Crippen molar-refractivity contribution in [3.05, 3.63) is 35.4 Å². The van der Waals surface area contributed by atoms with Gasteiger partial charge in [-0.3, -0.25) is 0 Å². The normalized spacial score (nSPS) is 11.3. The Labute approximate surface area is 101 Å². The van der Waals surface area contributed by atoms with Gasteiger partial charge in [0.25, 0.3) is 0 Å². The van der Waals surface area contributed by atoms with Crippen LogP contribution in [-0.4, -0.2) is 9.76 Å². The van der Waals surface area contributed by atoms with Crippen LogP contribution in [0.1, 0.15) is 37.5 Å². The molecule has 0 unspecified atom stereocenters. The molecule has 0 atom stereocenters. The van der Waals surface area contributed by atoms with Crippen LogP contribution in [0.15, 0.2) is 18.7 Å². The Hall–Kier alpha value is -1.02. The maximum atomic E-state index is 5.88. The Morgan fingerprint density at radius 1 is 1.19 bits per heavy atom. The molecule has 1 nitrogen and oxygen atoms in total. The van der Waals surface area contributed by atoms with Gasteiger partial charge in [-0.15, -0.1) is 0 Å². The van der Waals surface area contributed by atoms with Gasteiger partial charge in [-0.1, -0.05) is 39.5 Å². The molecule has 0 heterocycles. The lowest BCUT2D eigenvalue weighted by molar-refractivity contribution is 0.540. The Morgan fingerprint density at radius 2 is 1.81 bits per heavy atom. The molecule has 0 aliphatic carbocycles. The molecule has 0 spiro atoms. The number of benzene rings is 1. The van der Waals surface area contributed by atoms with Gasteiger partial charge in [-0.05, 0) is 41.6 Å². The van der Waals surface area contributed by atoms with Crippen LogP contribution in [0.4, 0.5) is 0 Å². The molecular formula is C14H20OSi. The summed E-state index contributed by atoms with van der Waals surface area (Å²) in [5, 5.41) is 0.220. The molecular weight excluding hydrogens is 212 g/mol. The predicted octanol–water partition coefficient (Wildman–Crippen LogP) is 4.16.